The van der Waals surface area contributed by atoms with E-state index in [9.17, 15) is 0 Å². The van der Waals surface area contributed by atoms with Crippen molar-refractivity contribution in [2.45, 2.75) is 19.9 Å². The van der Waals surface area contributed by atoms with Gasteiger partial charge in [-0.2, -0.15) is 5.10 Å². The zero-order chi connectivity index (χ0) is 12.4. The van der Waals surface area contributed by atoms with Crippen LogP contribution in [0.25, 0.3) is 0 Å². The molecular weight excluding hydrogens is 232 g/mol. The van der Waals surface area contributed by atoms with Crippen LogP contribution in [0.15, 0.2) is 17.5 Å². The first-order valence-electron chi connectivity index (χ1n) is 5.68. The predicted octanol–water partition coefficient (Wildman–Crippen LogP) is 2.26. The smallest absolute Gasteiger partial charge is 0.150 e. The number of nitrogen functional groups attached to an aromatic ring is 1. The van der Waals surface area contributed by atoms with E-state index in [1.54, 1.807) is 11.3 Å². The van der Waals surface area contributed by atoms with Gasteiger partial charge in [-0.3, -0.25) is 4.68 Å². The predicted molar refractivity (Wildman–Crippen MR) is 73.4 cm³/mol. The molecule has 0 saturated carbocycles. The van der Waals surface area contributed by atoms with Crippen molar-refractivity contribution in [1.29, 1.82) is 0 Å². The molecule has 0 amide bonds. The Hall–Kier alpha value is -1.49. The van der Waals surface area contributed by atoms with Crippen LogP contribution >= 0.6 is 11.3 Å². The van der Waals surface area contributed by atoms with Crippen LogP contribution in [-0.2, 0) is 20.0 Å². The Morgan fingerprint density at radius 3 is 2.82 bits per heavy atom. The number of nitrogens with zero attached hydrogens (tertiary/aromatic N) is 3. The number of aromatic nitrogens is 2. The number of hydrogen-bond acceptors (Lipinski definition) is 4. The van der Waals surface area contributed by atoms with Crippen molar-refractivity contribution in [3.63, 3.8) is 0 Å². The van der Waals surface area contributed by atoms with Gasteiger partial charge in [0.05, 0.1) is 17.9 Å². The average molecular weight is 250 g/mol. The lowest BCUT2D eigenvalue weighted by Gasteiger charge is -2.19. The highest BCUT2D eigenvalue weighted by Gasteiger charge is 2.15. The molecule has 92 valence electrons. The fourth-order valence-corrected chi connectivity index (χ4v) is 2.77. The van der Waals surface area contributed by atoms with Crippen molar-refractivity contribution in [3.8, 4) is 0 Å². The summed E-state index contributed by atoms with van der Waals surface area (Å²) in [6, 6.07) is 4.20. The van der Waals surface area contributed by atoms with Crippen LogP contribution in [-0.4, -0.2) is 16.8 Å². The van der Waals surface area contributed by atoms with Crippen LogP contribution in [0.1, 0.15) is 17.5 Å². The van der Waals surface area contributed by atoms with Crippen molar-refractivity contribution in [1.82, 2.24) is 9.78 Å². The van der Waals surface area contributed by atoms with Crippen molar-refractivity contribution in [2.24, 2.45) is 7.05 Å². The van der Waals surface area contributed by atoms with Gasteiger partial charge in [-0.25, -0.2) is 0 Å². The molecule has 0 aliphatic carbocycles. The third kappa shape index (κ3) is 2.29. The minimum Gasteiger partial charge on any atom is -0.394 e. The Kier molecular flexibility index (Phi) is 3.38. The molecule has 0 saturated heterocycles. The van der Waals surface area contributed by atoms with E-state index in [0.717, 1.165) is 30.2 Å². The molecule has 2 N–H and O–H groups in total. The lowest BCUT2D eigenvalue weighted by molar-refractivity contribution is 0.722. The second kappa shape index (κ2) is 4.79. The molecule has 0 fully saturated rings. The minimum absolute atomic E-state index is 0.800. The molecule has 0 aliphatic heterocycles. The molecule has 5 heteroatoms. The van der Waals surface area contributed by atoms with Crippen LogP contribution in [0.2, 0.25) is 0 Å². The standard InChI is InChI=1S/C12H18N4S/c1-4-10-11(13)12(16(3)14-10)15(2)8-9-6-5-7-17-9/h5-7H,4,8,13H2,1-3H3. The van der Waals surface area contributed by atoms with Gasteiger partial charge in [0, 0.05) is 19.0 Å². The summed E-state index contributed by atoms with van der Waals surface area (Å²) in [7, 11) is 3.99. The molecule has 0 atom stereocenters. The monoisotopic (exact) mass is 250 g/mol. The molecule has 2 aromatic rings. The highest BCUT2D eigenvalue weighted by Crippen LogP contribution is 2.27. The maximum atomic E-state index is 6.12. The Bertz CT molecular complexity index is 487. The van der Waals surface area contributed by atoms with Gasteiger partial charge in [-0.1, -0.05) is 13.0 Å². The van der Waals surface area contributed by atoms with Gasteiger partial charge in [0.1, 0.15) is 5.82 Å². The Morgan fingerprint density at radius 1 is 1.53 bits per heavy atom. The van der Waals surface area contributed by atoms with Gasteiger partial charge in [0.2, 0.25) is 0 Å². The number of hydrogen-bond donors (Lipinski definition) is 1. The third-order valence-corrected chi connectivity index (χ3v) is 3.66. The number of thiophene rings is 1. The Balaban J connectivity index is 2.24. The van der Waals surface area contributed by atoms with Crippen LogP contribution in [0, 0.1) is 0 Å². The Labute approximate surface area is 106 Å². The Morgan fingerprint density at radius 2 is 2.29 bits per heavy atom. The second-order valence-corrected chi connectivity index (χ2v) is 5.13. The van der Waals surface area contributed by atoms with Crippen molar-refractivity contribution in [3.05, 3.63) is 28.1 Å². The number of anilines is 2. The van der Waals surface area contributed by atoms with Gasteiger partial charge in [0.25, 0.3) is 0 Å². The largest absolute Gasteiger partial charge is 0.394 e. The zero-order valence-corrected chi connectivity index (χ0v) is 11.3. The minimum atomic E-state index is 0.800. The molecule has 0 spiro atoms. The first-order valence-corrected chi connectivity index (χ1v) is 6.56. The van der Waals surface area contributed by atoms with Gasteiger partial charge in [0.15, 0.2) is 0 Å². The van der Waals surface area contributed by atoms with Gasteiger partial charge in [-0.15, -0.1) is 11.3 Å². The molecule has 4 nitrogen and oxygen atoms in total. The van der Waals surface area contributed by atoms with E-state index in [0.29, 0.717) is 0 Å². The van der Waals surface area contributed by atoms with Gasteiger partial charge < -0.3 is 10.6 Å². The maximum absolute atomic E-state index is 6.12. The molecule has 0 bridgehead atoms. The van der Waals surface area contributed by atoms with Crippen LogP contribution in [0.4, 0.5) is 11.5 Å². The van der Waals surface area contributed by atoms with Crippen molar-refractivity contribution < 1.29 is 0 Å². The van der Waals surface area contributed by atoms with Crippen LogP contribution in [0.3, 0.4) is 0 Å². The second-order valence-electron chi connectivity index (χ2n) is 4.10. The lowest BCUT2D eigenvalue weighted by atomic mass is 10.3. The van der Waals surface area contributed by atoms with E-state index in [-0.39, 0.29) is 0 Å². The summed E-state index contributed by atoms with van der Waals surface area (Å²) in [4.78, 5) is 3.47. The summed E-state index contributed by atoms with van der Waals surface area (Å²) in [6.07, 6.45) is 0.868. The molecule has 2 heterocycles. The van der Waals surface area contributed by atoms with Crippen molar-refractivity contribution in [2.75, 3.05) is 17.7 Å². The number of aryl methyl sites for hydroxylation is 2. The first kappa shape index (κ1) is 12.0. The fourth-order valence-electron chi connectivity index (χ4n) is 2.01. The molecule has 0 aromatic carbocycles. The van der Waals surface area contributed by atoms with E-state index < -0.39 is 0 Å². The molecule has 0 aliphatic rings. The number of rotatable bonds is 4. The third-order valence-electron chi connectivity index (χ3n) is 2.80. The van der Waals surface area contributed by atoms with Crippen LogP contribution in [0.5, 0.6) is 0 Å². The highest BCUT2D eigenvalue weighted by atomic mass is 32.1. The molecule has 2 rings (SSSR count). The normalized spacial score (nSPS) is 10.8. The molecule has 17 heavy (non-hydrogen) atoms. The summed E-state index contributed by atoms with van der Waals surface area (Å²) < 4.78 is 1.86. The maximum Gasteiger partial charge on any atom is 0.150 e. The van der Waals surface area contributed by atoms with Gasteiger partial charge >= 0.3 is 0 Å². The van der Waals surface area contributed by atoms with Gasteiger partial charge in [-0.05, 0) is 17.9 Å². The molecule has 2 aromatic heterocycles. The summed E-state index contributed by atoms with van der Waals surface area (Å²) in [5.74, 6) is 0.996. The molecular formula is C12H18N4S. The summed E-state index contributed by atoms with van der Waals surface area (Å²) in [5.41, 5.74) is 7.90. The summed E-state index contributed by atoms with van der Waals surface area (Å²) in [5, 5.41) is 6.52. The van der Waals surface area contributed by atoms with Crippen molar-refractivity contribution >= 4 is 22.8 Å². The topological polar surface area (TPSA) is 47.1 Å². The summed E-state index contributed by atoms with van der Waals surface area (Å²) >= 11 is 1.76. The van der Waals surface area contributed by atoms with E-state index >= 15 is 0 Å². The van der Waals surface area contributed by atoms with Crippen LogP contribution < -0.4 is 10.6 Å². The quantitative estimate of drug-likeness (QED) is 0.905. The van der Waals surface area contributed by atoms with E-state index in [1.165, 1.54) is 4.88 Å². The zero-order valence-electron chi connectivity index (χ0n) is 10.5. The van der Waals surface area contributed by atoms with E-state index in [1.807, 2.05) is 18.8 Å². The van der Waals surface area contributed by atoms with E-state index in [4.69, 9.17) is 5.73 Å². The first-order chi connectivity index (χ1) is 8.13. The lowest BCUT2D eigenvalue weighted by Crippen LogP contribution is -2.19. The summed E-state index contributed by atoms with van der Waals surface area (Å²) in [6.45, 7) is 2.94. The highest BCUT2D eigenvalue weighted by molar-refractivity contribution is 7.09. The fraction of sp³-hybridized carbons (Fsp3) is 0.417. The molecule has 0 unspecified atom stereocenters. The van der Waals surface area contributed by atoms with E-state index in [2.05, 4.69) is 34.4 Å². The number of nitrogens with two attached hydrogens (primary N) is 1. The molecule has 0 radical (unpaired) electrons. The average Bonchev–Trinajstić information content (AvgIpc) is 2.87. The SMILES string of the molecule is CCc1nn(C)c(N(C)Cc2cccs2)c1N.